The Kier molecular flexibility index (Phi) is 6.91. The van der Waals surface area contributed by atoms with Crippen molar-refractivity contribution in [2.24, 2.45) is 0 Å². The lowest BCUT2D eigenvalue weighted by Crippen LogP contribution is -2.29. The number of nitrogens with zero attached hydrogens (tertiary/aromatic N) is 2. The summed E-state index contributed by atoms with van der Waals surface area (Å²) in [5.41, 5.74) is 3.66. The van der Waals surface area contributed by atoms with Gasteiger partial charge in [0.05, 0.1) is 35.5 Å². The number of aryl methyl sites for hydroxylation is 2. The highest BCUT2D eigenvalue weighted by molar-refractivity contribution is 7.22. The van der Waals surface area contributed by atoms with Gasteiger partial charge in [-0.15, -0.1) is 0 Å². The smallest absolute Gasteiger partial charge is 0.301 e. The summed E-state index contributed by atoms with van der Waals surface area (Å²) in [6, 6.07) is 17.5. The van der Waals surface area contributed by atoms with Crippen LogP contribution in [0.1, 0.15) is 41.6 Å². The number of carbonyl (C=O) groups is 2. The molecule has 1 unspecified atom stereocenters. The Morgan fingerprint density at radius 2 is 1.89 bits per heavy atom. The van der Waals surface area contributed by atoms with Crippen LogP contribution in [0.4, 0.5) is 5.13 Å². The van der Waals surface area contributed by atoms with Crippen molar-refractivity contribution < 1.29 is 24.2 Å². The molecule has 7 nitrogen and oxygen atoms in total. The first-order chi connectivity index (χ1) is 18.3. The maximum atomic E-state index is 13.5. The van der Waals surface area contributed by atoms with Crippen LogP contribution < -0.4 is 14.4 Å². The molecule has 0 aliphatic carbocycles. The summed E-state index contributed by atoms with van der Waals surface area (Å²) in [6.45, 7) is 6.44. The molecule has 0 bridgehead atoms. The van der Waals surface area contributed by atoms with Crippen molar-refractivity contribution in [2.75, 3.05) is 18.6 Å². The van der Waals surface area contributed by atoms with Crippen molar-refractivity contribution in [2.45, 2.75) is 33.2 Å². The predicted molar refractivity (Wildman–Crippen MR) is 149 cm³/mol. The molecule has 1 amide bonds. The summed E-state index contributed by atoms with van der Waals surface area (Å²) in [5, 5.41) is 11.9. The van der Waals surface area contributed by atoms with E-state index in [1.165, 1.54) is 16.2 Å². The third kappa shape index (κ3) is 4.52. The summed E-state index contributed by atoms with van der Waals surface area (Å²) in [7, 11) is 1.59. The van der Waals surface area contributed by atoms with Gasteiger partial charge in [0.1, 0.15) is 17.3 Å². The number of aromatic nitrogens is 1. The van der Waals surface area contributed by atoms with Gasteiger partial charge in [-0.2, -0.15) is 0 Å². The van der Waals surface area contributed by atoms with E-state index in [2.05, 4.69) is 4.98 Å². The Bertz CT molecular complexity index is 1590. The number of hydrogen-bond acceptors (Lipinski definition) is 7. The molecule has 1 aromatic heterocycles. The van der Waals surface area contributed by atoms with E-state index in [1.807, 2.05) is 57.2 Å². The van der Waals surface area contributed by atoms with E-state index in [4.69, 9.17) is 9.47 Å². The zero-order valence-corrected chi connectivity index (χ0v) is 22.5. The topological polar surface area (TPSA) is 89.0 Å². The molecule has 1 aliphatic heterocycles. The first-order valence-electron chi connectivity index (χ1n) is 12.4. The number of aliphatic hydroxyl groups excluding tert-OH is 1. The number of amides is 1. The van der Waals surface area contributed by atoms with E-state index in [1.54, 1.807) is 31.4 Å². The Morgan fingerprint density at radius 3 is 2.61 bits per heavy atom. The van der Waals surface area contributed by atoms with E-state index < -0.39 is 17.7 Å². The number of Topliss-reactive ketones (excluding diaryl/α,β-unsaturated/α-hetero) is 1. The molecule has 1 fully saturated rings. The van der Waals surface area contributed by atoms with Crippen molar-refractivity contribution >= 4 is 44.1 Å². The summed E-state index contributed by atoms with van der Waals surface area (Å²) < 4.78 is 11.9. The highest BCUT2D eigenvalue weighted by atomic mass is 32.1. The van der Waals surface area contributed by atoms with E-state index in [0.29, 0.717) is 39.9 Å². The van der Waals surface area contributed by atoms with Crippen LogP contribution >= 0.6 is 11.3 Å². The molecule has 4 aromatic rings. The van der Waals surface area contributed by atoms with Gasteiger partial charge in [0, 0.05) is 5.56 Å². The molecule has 0 radical (unpaired) electrons. The largest absolute Gasteiger partial charge is 0.507 e. The number of thiazole rings is 1. The number of ketones is 1. The van der Waals surface area contributed by atoms with Gasteiger partial charge in [0.2, 0.25) is 0 Å². The van der Waals surface area contributed by atoms with Gasteiger partial charge in [-0.1, -0.05) is 48.1 Å². The molecule has 0 spiro atoms. The van der Waals surface area contributed by atoms with E-state index in [0.717, 1.165) is 22.2 Å². The molecule has 1 atom stereocenters. The number of rotatable bonds is 7. The molecule has 194 valence electrons. The zero-order chi connectivity index (χ0) is 27.0. The van der Waals surface area contributed by atoms with Crippen molar-refractivity contribution in [1.82, 2.24) is 4.98 Å². The molecule has 38 heavy (non-hydrogen) atoms. The van der Waals surface area contributed by atoms with E-state index >= 15 is 0 Å². The molecule has 1 aliphatic rings. The van der Waals surface area contributed by atoms with Gasteiger partial charge in [-0.3, -0.25) is 14.5 Å². The molecule has 0 saturated carbocycles. The maximum Gasteiger partial charge on any atom is 0.301 e. The van der Waals surface area contributed by atoms with Crippen molar-refractivity contribution in [3.63, 3.8) is 0 Å². The molecular weight excluding hydrogens is 500 g/mol. The number of hydrogen-bond donors (Lipinski definition) is 1. The fourth-order valence-electron chi connectivity index (χ4n) is 4.63. The molecule has 1 N–H and O–H groups in total. The summed E-state index contributed by atoms with van der Waals surface area (Å²) >= 11 is 1.30. The van der Waals surface area contributed by atoms with Gasteiger partial charge >= 0.3 is 5.91 Å². The minimum atomic E-state index is -0.839. The SMILES string of the molecule is CCCOc1ccc(/C(O)=C2\C(=O)C(=O)N(c3nc4ccc(OC)cc4s3)C2c2cccc(C)c2)cc1C. The third-order valence-corrected chi connectivity index (χ3v) is 7.52. The van der Waals surface area contributed by atoms with Crippen LogP contribution in [0, 0.1) is 13.8 Å². The molecule has 5 rings (SSSR count). The maximum absolute atomic E-state index is 13.5. The highest BCUT2D eigenvalue weighted by Gasteiger charge is 2.48. The molecular formula is C30H28N2O5S. The number of anilines is 1. The van der Waals surface area contributed by atoms with Gasteiger partial charge < -0.3 is 14.6 Å². The number of aliphatic hydroxyl groups is 1. The third-order valence-electron chi connectivity index (χ3n) is 6.50. The number of fused-ring (bicyclic) bond motifs is 1. The van der Waals surface area contributed by atoms with Gasteiger partial charge in [0.25, 0.3) is 5.78 Å². The van der Waals surface area contributed by atoms with Gasteiger partial charge in [0.15, 0.2) is 5.13 Å². The molecule has 8 heteroatoms. The summed E-state index contributed by atoms with van der Waals surface area (Å²) in [5.74, 6) is -0.334. The number of methoxy groups -OCH3 is 1. The fraction of sp³-hybridized carbons (Fsp3) is 0.233. The lowest BCUT2D eigenvalue weighted by Gasteiger charge is -2.23. The second-order valence-corrected chi connectivity index (χ2v) is 10.3. The Balaban J connectivity index is 1.67. The molecule has 3 aromatic carbocycles. The van der Waals surface area contributed by atoms with Crippen LogP contribution in [0.3, 0.4) is 0 Å². The summed E-state index contributed by atoms with van der Waals surface area (Å²) in [6.07, 6.45) is 0.875. The van der Waals surface area contributed by atoms with Crippen molar-refractivity contribution in [3.05, 3.63) is 88.5 Å². The normalized spacial score (nSPS) is 16.8. The quantitative estimate of drug-likeness (QED) is 0.171. The van der Waals surface area contributed by atoms with Gasteiger partial charge in [-0.05, 0) is 67.8 Å². The van der Waals surface area contributed by atoms with Crippen LogP contribution in [0.25, 0.3) is 16.0 Å². The Morgan fingerprint density at radius 1 is 1.08 bits per heavy atom. The second kappa shape index (κ2) is 10.3. The first-order valence-corrected chi connectivity index (χ1v) is 13.2. The average Bonchev–Trinajstić information content (AvgIpc) is 3.45. The van der Waals surface area contributed by atoms with Gasteiger partial charge in [-0.25, -0.2) is 4.98 Å². The number of benzene rings is 3. The van der Waals surface area contributed by atoms with E-state index in [9.17, 15) is 14.7 Å². The lowest BCUT2D eigenvalue weighted by molar-refractivity contribution is -0.132. The predicted octanol–water partition coefficient (Wildman–Crippen LogP) is 6.34. The fourth-order valence-corrected chi connectivity index (χ4v) is 5.66. The molecule has 1 saturated heterocycles. The van der Waals surface area contributed by atoms with Crippen LogP contribution in [0.15, 0.2) is 66.2 Å². The highest BCUT2D eigenvalue weighted by Crippen LogP contribution is 2.45. The molecule has 2 heterocycles. The van der Waals surface area contributed by atoms with Crippen LogP contribution in [-0.2, 0) is 9.59 Å². The monoisotopic (exact) mass is 528 g/mol. The number of ether oxygens (including phenoxy) is 2. The van der Waals surface area contributed by atoms with Crippen molar-refractivity contribution in [3.8, 4) is 11.5 Å². The van der Waals surface area contributed by atoms with Crippen LogP contribution in [0.2, 0.25) is 0 Å². The summed E-state index contributed by atoms with van der Waals surface area (Å²) in [4.78, 5) is 33.1. The lowest BCUT2D eigenvalue weighted by atomic mass is 9.94. The Labute approximate surface area is 225 Å². The second-order valence-electron chi connectivity index (χ2n) is 9.24. The van der Waals surface area contributed by atoms with Crippen LogP contribution in [0.5, 0.6) is 11.5 Å². The number of carbonyl (C=O) groups excluding carboxylic acids is 2. The first kappa shape index (κ1) is 25.5. The standard InChI is InChI=1S/C30H28N2O5S/c1-5-13-37-23-12-9-20(15-18(23)3)27(33)25-26(19-8-6-7-17(2)14-19)32(29(35)28(25)34)30-31-22-11-10-21(36-4)16-24(22)38-30/h6-12,14-16,26,33H,5,13H2,1-4H3/b27-25+. The Hall–Kier alpha value is -4.17. The zero-order valence-electron chi connectivity index (χ0n) is 21.6. The van der Waals surface area contributed by atoms with Crippen molar-refractivity contribution in [1.29, 1.82) is 0 Å². The van der Waals surface area contributed by atoms with E-state index in [-0.39, 0.29) is 11.3 Å². The average molecular weight is 529 g/mol. The minimum absolute atomic E-state index is 0.0269. The van der Waals surface area contributed by atoms with Crippen LogP contribution in [-0.4, -0.2) is 35.5 Å². The minimum Gasteiger partial charge on any atom is -0.507 e.